The Morgan fingerprint density at radius 3 is 1.60 bits per heavy atom. The van der Waals surface area contributed by atoms with Crippen molar-refractivity contribution in [2.75, 3.05) is 0 Å². The summed E-state index contributed by atoms with van der Waals surface area (Å²) in [6.45, 7) is 0. The normalized spacial score (nSPS) is 12.4. The zero-order chi connectivity index (χ0) is 35.8. The van der Waals surface area contributed by atoms with Crippen LogP contribution in [0.5, 0.6) is 0 Å². The Kier molecular flexibility index (Phi) is 5.57. The third-order valence-electron chi connectivity index (χ3n) is 11.8. The van der Waals surface area contributed by atoms with Gasteiger partial charge in [0, 0.05) is 48.5 Å². The lowest BCUT2D eigenvalue weighted by Crippen LogP contribution is -2.07. The summed E-state index contributed by atoms with van der Waals surface area (Å²) in [6.07, 6.45) is 0. The van der Waals surface area contributed by atoms with E-state index in [-0.39, 0.29) is 0 Å². The fourth-order valence-corrected chi connectivity index (χ4v) is 9.49. The fraction of sp³-hybridized carbons (Fsp3) is 0. The van der Waals surface area contributed by atoms with Gasteiger partial charge in [-0.05, 0) is 65.7 Å². The zero-order valence-corrected chi connectivity index (χ0v) is 29.5. The lowest BCUT2D eigenvalue weighted by Gasteiger charge is -2.14. The summed E-state index contributed by atoms with van der Waals surface area (Å²) in [5, 5.41) is 10.7. The van der Waals surface area contributed by atoms with Gasteiger partial charge in [-0.1, -0.05) is 121 Å². The molecule has 0 radical (unpaired) electrons. The van der Waals surface area contributed by atoms with E-state index in [0.717, 1.165) is 38.8 Å². The topological polar surface area (TPSA) is 40.0 Å². The highest BCUT2D eigenvalue weighted by molar-refractivity contribution is 6.34. The molecule has 0 bridgehead atoms. The van der Waals surface area contributed by atoms with Gasteiger partial charge in [0.15, 0.2) is 5.82 Å². The molecule has 0 saturated carbocycles. The van der Waals surface area contributed by atoms with Crippen LogP contribution in [0.4, 0.5) is 0 Å². The molecule has 0 aliphatic heterocycles. The van der Waals surface area contributed by atoms with Gasteiger partial charge in [0.2, 0.25) is 5.95 Å². The van der Waals surface area contributed by atoms with E-state index < -0.39 is 0 Å². The van der Waals surface area contributed by atoms with Crippen LogP contribution in [0.15, 0.2) is 176 Å². The lowest BCUT2D eigenvalue weighted by atomic mass is 10.00. The Morgan fingerprint density at radius 2 is 0.873 bits per heavy atom. The van der Waals surface area contributed by atoms with Gasteiger partial charge in [0.25, 0.3) is 0 Å². The third kappa shape index (κ3) is 3.76. The van der Waals surface area contributed by atoms with Gasteiger partial charge in [0.1, 0.15) is 0 Å². The van der Waals surface area contributed by atoms with Crippen molar-refractivity contribution in [3.8, 4) is 22.9 Å². The molecule has 13 rings (SSSR count). The summed E-state index contributed by atoms with van der Waals surface area (Å²) >= 11 is 0. The van der Waals surface area contributed by atoms with Gasteiger partial charge in [-0.15, -0.1) is 0 Å². The number of hydrogen-bond acceptors (Lipinski definition) is 2. The van der Waals surface area contributed by atoms with Gasteiger partial charge in [-0.2, -0.15) is 4.98 Å². The highest BCUT2D eigenvalue weighted by Crippen LogP contribution is 2.47. The quantitative estimate of drug-likeness (QED) is 0.184. The van der Waals surface area contributed by atoms with E-state index in [9.17, 15) is 0 Å². The molecule has 0 saturated heterocycles. The van der Waals surface area contributed by atoms with E-state index in [4.69, 9.17) is 9.97 Å². The summed E-state index contributed by atoms with van der Waals surface area (Å²) in [7, 11) is 0. The van der Waals surface area contributed by atoms with Crippen molar-refractivity contribution in [2.24, 2.45) is 0 Å². The first-order chi connectivity index (χ1) is 27.3. The van der Waals surface area contributed by atoms with Crippen LogP contribution in [0.25, 0.3) is 116 Å². The second-order valence-corrected chi connectivity index (χ2v) is 14.6. The van der Waals surface area contributed by atoms with E-state index >= 15 is 0 Å². The number of fused-ring (bicyclic) bond motifs is 14. The molecule has 13 aromatic rings. The Balaban J connectivity index is 1.22. The number of para-hydroxylation sites is 5. The standard InChI is InChI=1S/C50H29N5/c1-2-14-30(15-3-1)31-26-27-45-37(28-31)39-29-38-34-18-7-12-24-43(34)55(48(38)46-36-20-8-13-25-44(36)53(45)47(39)46)49-35-19-4-9-21-40(35)51-50(52-49)54-41-22-10-5-16-32(41)33-17-6-11-23-42(33)54/h1-29H. The van der Waals surface area contributed by atoms with Crippen molar-refractivity contribution in [2.45, 2.75) is 0 Å². The summed E-state index contributed by atoms with van der Waals surface area (Å²) in [5.74, 6) is 1.51. The first-order valence-corrected chi connectivity index (χ1v) is 18.8. The van der Waals surface area contributed by atoms with Crippen LogP contribution >= 0.6 is 0 Å². The van der Waals surface area contributed by atoms with Gasteiger partial charge in [-0.25, -0.2) is 4.98 Å². The molecule has 55 heavy (non-hydrogen) atoms. The largest absolute Gasteiger partial charge is 0.308 e. The van der Waals surface area contributed by atoms with Gasteiger partial charge in [-0.3, -0.25) is 9.13 Å². The Morgan fingerprint density at radius 1 is 0.327 bits per heavy atom. The molecule has 5 aromatic heterocycles. The molecule has 5 heterocycles. The van der Waals surface area contributed by atoms with E-state index in [0.29, 0.717) is 5.95 Å². The minimum Gasteiger partial charge on any atom is -0.308 e. The molecule has 0 atom stereocenters. The van der Waals surface area contributed by atoms with E-state index in [1.54, 1.807) is 0 Å². The van der Waals surface area contributed by atoms with Crippen molar-refractivity contribution in [3.63, 3.8) is 0 Å². The summed E-state index contributed by atoms with van der Waals surface area (Å²) in [5.41, 5.74) is 11.4. The maximum absolute atomic E-state index is 5.61. The smallest absolute Gasteiger partial charge is 0.237 e. The molecule has 8 aromatic carbocycles. The SMILES string of the molecule is c1ccc(-c2ccc3c(c2)c2cc4c5ccccc5n(-c5nc(-n6c7ccccc7c7ccccc76)nc6ccccc56)c4c4c5ccccc5n3c24)cc1. The van der Waals surface area contributed by atoms with Crippen molar-refractivity contribution >= 4 is 92.6 Å². The van der Waals surface area contributed by atoms with Crippen LogP contribution < -0.4 is 0 Å². The molecule has 0 fully saturated rings. The summed E-state index contributed by atoms with van der Waals surface area (Å²) in [4.78, 5) is 10.9. The number of benzene rings is 8. The molecule has 0 unspecified atom stereocenters. The van der Waals surface area contributed by atoms with Gasteiger partial charge in [0.05, 0.1) is 44.1 Å². The van der Waals surface area contributed by atoms with Crippen molar-refractivity contribution < 1.29 is 0 Å². The molecular weight excluding hydrogens is 671 g/mol. The first-order valence-electron chi connectivity index (χ1n) is 18.8. The number of rotatable bonds is 3. The number of nitrogens with zero attached hydrogens (tertiary/aromatic N) is 5. The fourth-order valence-electron chi connectivity index (χ4n) is 9.49. The highest BCUT2D eigenvalue weighted by atomic mass is 15.2. The first kappa shape index (κ1) is 29.0. The Labute approximate surface area is 313 Å². The predicted octanol–water partition coefficient (Wildman–Crippen LogP) is 12.6. The van der Waals surface area contributed by atoms with Crippen LogP contribution in [-0.4, -0.2) is 23.5 Å². The summed E-state index contributed by atoms with van der Waals surface area (Å²) < 4.78 is 7.12. The molecule has 5 nitrogen and oxygen atoms in total. The van der Waals surface area contributed by atoms with Crippen LogP contribution in [0.2, 0.25) is 0 Å². The number of aromatic nitrogens is 5. The van der Waals surface area contributed by atoms with Crippen LogP contribution in [0.1, 0.15) is 0 Å². The zero-order valence-electron chi connectivity index (χ0n) is 29.5. The van der Waals surface area contributed by atoms with E-state index in [1.165, 1.54) is 70.8 Å². The molecule has 0 spiro atoms. The maximum Gasteiger partial charge on any atom is 0.237 e. The van der Waals surface area contributed by atoms with Crippen molar-refractivity contribution in [1.82, 2.24) is 23.5 Å². The molecule has 0 aliphatic rings. The average molecular weight is 700 g/mol. The van der Waals surface area contributed by atoms with Crippen LogP contribution in [-0.2, 0) is 0 Å². The van der Waals surface area contributed by atoms with Crippen molar-refractivity contribution in [3.05, 3.63) is 176 Å². The second-order valence-electron chi connectivity index (χ2n) is 14.6. The lowest BCUT2D eigenvalue weighted by molar-refractivity contribution is 0.973. The minimum atomic E-state index is 0.650. The maximum atomic E-state index is 5.61. The Hall–Kier alpha value is -7.50. The van der Waals surface area contributed by atoms with E-state index in [1.807, 2.05) is 0 Å². The van der Waals surface area contributed by atoms with Gasteiger partial charge >= 0.3 is 0 Å². The molecule has 5 heteroatoms. The minimum absolute atomic E-state index is 0.650. The van der Waals surface area contributed by atoms with Crippen molar-refractivity contribution in [1.29, 1.82) is 0 Å². The molecular formula is C50H29N5. The van der Waals surface area contributed by atoms with Crippen LogP contribution in [0.3, 0.4) is 0 Å². The van der Waals surface area contributed by atoms with E-state index in [2.05, 4.69) is 189 Å². The average Bonchev–Trinajstić information content (AvgIpc) is 3.97. The highest BCUT2D eigenvalue weighted by Gasteiger charge is 2.26. The Bertz CT molecular complexity index is 3660. The second kappa shape index (κ2) is 10.6. The monoisotopic (exact) mass is 699 g/mol. The van der Waals surface area contributed by atoms with Crippen LogP contribution in [0, 0.1) is 0 Å². The number of hydrogen-bond donors (Lipinski definition) is 0. The molecule has 254 valence electrons. The molecule has 0 amide bonds. The molecule has 0 aliphatic carbocycles. The van der Waals surface area contributed by atoms with Gasteiger partial charge < -0.3 is 4.40 Å². The summed E-state index contributed by atoms with van der Waals surface area (Å²) in [6, 6.07) is 63.3. The third-order valence-corrected chi connectivity index (χ3v) is 11.8. The molecule has 0 N–H and O–H groups in total. The predicted molar refractivity (Wildman–Crippen MR) is 228 cm³/mol.